The van der Waals surface area contributed by atoms with Gasteiger partial charge >= 0.3 is 11.9 Å². The molecule has 0 fully saturated rings. The van der Waals surface area contributed by atoms with Gasteiger partial charge in [-0.1, -0.05) is 0 Å². The lowest BCUT2D eigenvalue weighted by molar-refractivity contribution is -0.138. The van der Waals surface area contributed by atoms with Gasteiger partial charge in [0.1, 0.15) is 11.1 Å². The molecule has 0 unspecified atom stereocenters. The van der Waals surface area contributed by atoms with Gasteiger partial charge < -0.3 is 14.8 Å². The third kappa shape index (κ3) is 4.87. The summed E-state index contributed by atoms with van der Waals surface area (Å²) in [6.07, 6.45) is 2.05. The van der Waals surface area contributed by atoms with Crippen LogP contribution >= 0.6 is 11.3 Å². The average Bonchev–Trinajstić information content (AvgIpc) is 3.00. The number of hydrogen-bond donors (Lipinski definition) is 1. The number of esters is 2. The van der Waals surface area contributed by atoms with E-state index in [0.717, 1.165) is 30.0 Å². The minimum absolute atomic E-state index is 0.151. The molecule has 2 heterocycles. The predicted molar refractivity (Wildman–Crippen MR) is 103 cm³/mol. The first-order valence-corrected chi connectivity index (χ1v) is 9.84. The maximum Gasteiger partial charge on any atom is 0.350 e. The second kappa shape index (κ2) is 9.53. The first kappa shape index (κ1) is 20.9. The van der Waals surface area contributed by atoms with Crippen molar-refractivity contribution in [3.63, 3.8) is 0 Å². The molecule has 1 aromatic rings. The molecule has 8 heteroatoms. The molecule has 27 heavy (non-hydrogen) atoms. The maximum atomic E-state index is 12.5. The van der Waals surface area contributed by atoms with Crippen molar-refractivity contribution in [2.45, 2.75) is 46.7 Å². The number of fused-ring (bicyclic) bond motifs is 1. The molecular formula is C19H25N3O4S. The number of nitrogens with zero attached hydrogens (tertiary/aromatic N) is 2. The van der Waals surface area contributed by atoms with Gasteiger partial charge in [-0.3, -0.25) is 4.90 Å². The Morgan fingerprint density at radius 3 is 2.63 bits per heavy atom. The number of ether oxygens (including phenoxy) is 2. The summed E-state index contributed by atoms with van der Waals surface area (Å²) in [5.41, 5.74) is 1.33. The van der Waals surface area contributed by atoms with Crippen molar-refractivity contribution in [1.82, 2.24) is 4.90 Å². The van der Waals surface area contributed by atoms with Crippen LogP contribution in [0.25, 0.3) is 0 Å². The van der Waals surface area contributed by atoms with Crippen molar-refractivity contribution in [3.8, 4) is 6.07 Å². The molecule has 0 spiro atoms. The first-order valence-electron chi connectivity index (χ1n) is 9.02. The van der Waals surface area contributed by atoms with Crippen LogP contribution in [0.2, 0.25) is 0 Å². The minimum atomic E-state index is -0.697. The van der Waals surface area contributed by atoms with Crippen LogP contribution < -0.4 is 5.32 Å². The number of carbonyl (C=O) groups excluding carboxylic acids is 2. The van der Waals surface area contributed by atoms with Gasteiger partial charge in [-0.15, -0.1) is 11.3 Å². The fourth-order valence-corrected chi connectivity index (χ4v) is 4.10. The van der Waals surface area contributed by atoms with Crippen molar-refractivity contribution in [2.24, 2.45) is 0 Å². The van der Waals surface area contributed by atoms with Crippen LogP contribution in [0.3, 0.4) is 0 Å². The highest BCUT2D eigenvalue weighted by molar-refractivity contribution is 7.16. The number of nitrogens with one attached hydrogen (secondary N) is 1. The predicted octanol–water partition coefficient (Wildman–Crippen LogP) is 3.07. The first-order chi connectivity index (χ1) is 12.9. The van der Waals surface area contributed by atoms with Crippen LogP contribution in [-0.2, 0) is 27.2 Å². The summed E-state index contributed by atoms with van der Waals surface area (Å²) in [6.45, 7) is 9.82. The summed E-state index contributed by atoms with van der Waals surface area (Å²) in [7, 11) is 0. The van der Waals surface area contributed by atoms with Crippen LogP contribution in [0.5, 0.6) is 0 Å². The Kier molecular flexibility index (Phi) is 7.39. The number of nitriles is 1. The molecule has 0 aliphatic carbocycles. The van der Waals surface area contributed by atoms with Crippen LogP contribution in [0.4, 0.5) is 5.00 Å². The van der Waals surface area contributed by atoms with E-state index in [4.69, 9.17) is 14.7 Å². The van der Waals surface area contributed by atoms with E-state index in [1.807, 2.05) is 6.07 Å². The minimum Gasteiger partial charge on any atom is -0.462 e. The molecule has 1 aromatic heterocycles. The normalized spacial score (nSPS) is 14.4. The van der Waals surface area contributed by atoms with Crippen LogP contribution in [0, 0.1) is 11.3 Å². The van der Waals surface area contributed by atoms with Crippen LogP contribution in [-0.4, -0.2) is 42.6 Å². The Balaban J connectivity index is 2.36. The Morgan fingerprint density at radius 2 is 2.04 bits per heavy atom. The SMILES string of the molecule is CCOC(=O)/C(C#N)=C/Nc1sc2c(c1C(=O)OCC)CCN(C(C)C)C2. The second-order valence-electron chi connectivity index (χ2n) is 6.28. The monoisotopic (exact) mass is 391 g/mol. The summed E-state index contributed by atoms with van der Waals surface area (Å²) in [6, 6.07) is 2.23. The molecule has 0 amide bonds. The van der Waals surface area contributed by atoms with Crippen molar-refractivity contribution in [2.75, 3.05) is 25.1 Å². The van der Waals surface area contributed by atoms with E-state index < -0.39 is 11.9 Å². The highest BCUT2D eigenvalue weighted by atomic mass is 32.1. The molecule has 0 saturated carbocycles. The lowest BCUT2D eigenvalue weighted by Gasteiger charge is -2.30. The van der Waals surface area contributed by atoms with Gasteiger partial charge in [-0.25, -0.2) is 9.59 Å². The molecule has 0 bridgehead atoms. The summed E-state index contributed by atoms with van der Waals surface area (Å²) in [5.74, 6) is -1.09. The van der Waals surface area contributed by atoms with Crippen molar-refractivity contribution < 1.29 is 19.1 Å². The molecule has 1 aliphatic rings. The van der Waals surface area contributed by atoms with Crippen molar-refractivity contribution >= 4 is 28.3 Å². The molecule has 1 aliphatic heterocycles. The summed E-state index contributed by atoms with van der Waals surface area (Å²) in [5, 5.41) is 12.7. The zero-order chi connectivity index (χ0) is 20.0. The lowest BCUT2D eigenvalue weighted by atomic mass is 10.0. The van der Waals surface area contributed by atoms with Crippen LogP contribution in [0.15, 0.2) is 11.8 Å². The van der Waals surface area contributed by atoms with E-state index in [2.05, 4.69) is 24.1 Å². The third-order valence-corrected chi connectivity index (χ3v) is 5.41. The average molecular weight is 391 g/mol. The van der Waals surface area contributed by atoms with Gasteiger partial charge in [0, 0.05) is 30.2 Å². The van der Waals surface area contributed by atoms with Gasteiger partial charge in [0.15, 0.2) is 5.57 Å². The van der Waals surface area contributed by atoms with E-state index in [-0.39, 0.29) is 18.8 Å². The zero-order valence-corrected chi connectivity index (χ0v) is 16.9. The van der Waals surface area contributed by atoms with Crippen LogP contribution in [0.1, 0.15) is 48.5 Å². The highest BCUT2D eigenvalue weighted by Gasteiger charge is 2.29. The van der Waals surface area contributed by atoms with E-state index in [1.165, 1.54) is 17.5 Å². The van der Waals surface area contributed by atoms with Crippen molar-refractivity contribution in [3.05, 3.63) is 27.8 Å². The molecule has 0 atom stereocenters. The van der Waals surface area contributed by atoms with Gasteiger partial charge in [0.25, 0.3) is 0 Å². The molecule has 0 aromatic carbocycles. The summed E-state index contributed by atoms with van der Waals surface area (Å²) < 4.78 is 10.1. The number of anilines is 1. The molecule has 7 nitrogen and oxygen atoms in total. The Labute approximate surface area is 163 Å². The van der Waals surface area contributed by atoms with Crippen molar-refractivity contribution in [1.29, 1.82) is 5.26 Å². The Bertz CT molecular complexity index is 777. The zero-order valence-electron chi connectivity index (χ0n) is 16.1. The summed E-state index contributed by atoms with van der Waals surface area (Å²) >= 11 is 1.46. The molecular weight excluding hydrogens is 366 g/mol. The standard InChI is InChI=1S/C19H25N3O4S/c1-5-25-18(23)13(9-20)10-21-17-16(19(24)26-6-2)14-7-8-22(12(3)4)11-15(14)27-17/h10,12,21H,5-8,11H2,1-4H3/b13-10+. The van der Waals surface area contributed by atoms with E-state index >= 15 is 0 Å². The fraction of sp³-hybridized carbons (Fsp3) is 0.526. The molecule has 1 N–H and O–H groups in total. The van der Waals surface area contributed by atoms with Gasteiger partial charge in [0.05, 0.1) is 18.8 Å². The quantitative estimate of drug-likeness (QED) is 0.434. The van der Waals surface area contributed by atoms with Gasteiger partial charge in [-0.2, -0.15) is 5.26 Å². The lowest BCUT2D eigenvalue weighted by Crippen LogP contribution is -2.35. The van der Waals surface area contributed by atoms with Gasteiger partial charge in [0.2, 0.25) is 0 Å². The third-order valence-electron chi connectivity index (χ3n) is 4.26. The number of rotatable bonds is 7. The highest BCUT2D eigenvalue weighted by Crippen LogP contribution is 2.38. The summed E-state index contributed by atoms with van der Waals surface area (Å²) in [4.78, 5) is 27.7. The Morgan fingerprint density at radius 1 is 1.33 bits per heavy atom. The fourth-order valence-electron chi connectivity index (χ4n) is 2.87. The van der Waals surface area contributed by atoms with E-state index in [0.29, 0.717) is 16.6 Å². The molecule has 146 valence electrons. The second-order valence-corrected chi connectivity index (χ2v) is 7.38. The van der Waals surface area contributed by atoms with E-state index in [1.54, 1.807) is 13.8 Å². The largest absolute Gasteiger partial charge is 0.462 e. The molecule has 2 rings (SSSR count). The van der Waals surface area contributed by atoms with Gasteiger partial charge in [-0.05, 0) is 39.7 Å². The number of carbonyl (C=O) groups is 2. The smallest absolute Gasteiger partial charge is 0.350 e. The number of hydrogen-bond acceptors (Lipinski definition) is 8. The molecule has 0 saturated heterocycles. The Hall–Kier alpha value is -2.37. The van der Waals surface area contributed by atoms with E-state index in [9.17, 15) is 9.59 Å². The maximum absolute atomic E-state index is 12.5. The number of thiophene rings is 1. The molecule has 0 radical (unpaired) electrons. The topological polar surface area (TPSA) is 91.7 Å².